The summed E-state index contributed by atoms with van der Waals surface area (Å²) in [6.45, 7) is 6.54. The molecule has 0 aliphatic carbocycles. The molecule has 6 rings (SSSR count). The van der Waals surface area contributed by atoms with Gasteiger partial charge in [0.25, 0.3) is 0 Å². The van der Waals surface area contributed by atoms with E-state index in [1.165, 1.54) is 21.1 Å². The molecule has 0 aliphatic rings. The number of benzene rings is 4. The fraction of sp³-hybridized carbons (Fsp3) is 0.347. The standard InChI is InChI=1S/C49H62N10O6S2/c1-35(58(30-6-24-50)66(3,61)62)39-8-5-9-41(32-39)46-22-28-54-48(56-46)52-27-21-38-12-18-44(19-13-38)65-34-42-15-14-40(36(2)59(31-7-25-51)67(4,63)64)33-45(42)47-23-29-55-49(57-47)53-26-20-37-10-16-43(60)17-11-37/h5,8-19,22-23,28-29,32-33,35-36,60H,6-7,20-21,24-27,30-31,34,50-51H2,1-4H3,(H,52,54,56)(H,53,55,57). The summed E-state index contributed by atoms with van der Waals surface area (Å²) >= 11 is 0. The Bertz CT molecular complexity index is 2760. The van der Waals surface area contributed by atoms with Gasteiger partial charge in [0, 0.05) is 61.8 Å². The van der Waals surface area contributed by atoms with Crippen LogP contribution in [0.2, 0.25) is 0 Å². The van der Waals surface area contributed by atoms with E-state index in [-0.39, 0.29) is 18.4 Å². The van der Waals surface area contributed by atoms with Gasteiger partial charge in [-0.25, -0.2) is 36.8 Å². The largest absolute Gasteiger partial charge is 0.508 e. The predicted octanol–water partition coefficient (Wildman–Crippen LogP) is 6.54. The minimum atomic E-state index is -3.53. The topological polar surface area (TPSA) is 232 Å². The van der Waals surface area contributed by atoms with Crippen LogP contribution in [0, 0.1) is 0 Å². The molecule has 356 valence electrons. The van der Waals surface area contributed by atoms with E-state index in [2.05, 4.69) is 20.6 Å². The Morgan fingerprint density at radius 3 is 1.73 bits per heavy atom. The zero-order valence-corrected chi connectivity index (χ0v) is 40.2. The minimum absolute atomic E-state index is 0.216. The van der Waals surface area contributed by atoms with Crippen molar-refractivity contribution in [1.82, 2.24) is 28.5 Å². The van der Waals surface area contributed by atoms with Crippen molar-refractivity contribution >= 4 is 31.9 Å². The molecule has 0 saturated heterocycles. The average Bonchev–Trinajstić information content (AvgIpc) is 3.31. The zero-order chi connectivity index (χ0) is 48.0. The van der Waals surface area contributed by atoms with Gasteiger partial charge in [-0.05, 0) is 129 Å². The quantitative estimate of drug-likeness (QED) is 0.0411. The number of anilines is 2. The van der Waals surface area contributed by atoms with Crippen LogP contribution in [0.4, 0.5) is 11.9 Å². The summed E-state index contributed by atoms with van der Waals surface area (Å²) in [5.41, 5.74) is 19.1. The van der Waals surface area contributed by atoms with Crippen molar-refractivity contribution in [3.8, 4) is 34.0 Å². The van der Waals surface area contributed by atoms with Crippen molar-refractivity contribution in [2.75, 3.05) is 62.4 Å². The first kappa shape index (κ1) is 50.4. The van der Waals surface area contributed by atoms with E-state index >= 15 is 0 Å². The van der Waals surface area contributed by atoms with E-state index in [1.54, 1.807) is 24.5 Å². The molecule has 0 bridgehead atoms. The molecule has 2 atom stereocenters. The molecule has 67 heavy (non-hydrogen) atoms. The molecule has 7 N–H and O–H groups in total. The molecule has 0 amide bonds. The number of ether oxygens (including phenoxy) is 1. The van der Waals surface area contributed by atoms with Gasteiger partial charge >= 0.3 is 0 Å². The smallest absolute Gasteiger partial charge is 0.223 e. The third kappa shape index (κ3) is 14.5. The van der Waals surface area contributed by atoms with Gasteiger partial charge in [0.05, 0.1) is 23.9 Å². The van der Waals surface area contributed by atoms with E-state index in [9.17, 15) is 21.9 Å². The van der Waals surface area contributed by atoms with Gasteiger partial charge < -0.3 is 31.9 Å². The highest BCUT2D eigenvalue weighted by Gasteiger charge is 2.26. The normalized spacial score (nSPS) is 12.8. The number of aromatic hydroxyl groups is 1. The Hall–Kier alpha value is -6.02. The van der Waals surface area contributed by atoms with Gasteiger partial charge in [0.1, 0.15) is 18.1 Å². The van der Waals surface area contributed by atoms with Crippen molar-refractivity contribution in [3.05, 3.63) is 143 Å². The molecule has 0 fully saturated rings. The summed E-state index contributed by atoms with van der Waals surface area (Å²) in [6.07, 6.45) is 8.33. The molecule has 2 heterocycles. The van der Waals surface area contributed by atoms with Crippen LogP contribution >= 0.6 is 0 Å². The summed E-state index contributed by atoms with van der Waals surface area (Å²) in [5, 5.41) is 16.3. The van der Waals surface area contributed by atoms with Crippen LogP contribution in [0.5, 0.6) is 11.5 Å². The highest BCUT2D eigenvalue weighted by molar-refractivity contribution is 7.88. The van der Waals surface area contributed by atoms with Gasteiger partial charge in [0.2, 0.25) is 31.9 Å². The van der Waals surface area contributed by atoms with Crippen molar-refractivity contribution in [3.63, 3.8) is 0 Å². The first-order valence-electron chi connectivity index (χ1n) is 22.3. The Labute approximate surface area is 395 Å². The van der Waals surface area contributed by atoms with E-state index in [0.717, 1.165) is 38.9 Å². The van der Waals surface area contributed by atoms with Crippen LogP contribution in [0.3, 0.4) is 0 Å². The van der Waals surface area contributed by atoms with Crippen LogP contribution in [-0.4, -0.2) is 102 Å². The Morgan fingerprint density at radius 2 is 1.18 bits per heavy atom. The third-order valence-corrected chi connectivity index (χ3v) is 14.1. The van der Waals surface area contributed by atoms with E-state index in [0.29, 0.717) is 94.0 Å². The van der Waals surface area contributed by atoms with Crippen molar-refractivity contribution in [2.24, 2.45) is 11.5 Å². The molecule has 16 nitrogen and oxygen atoms in total. The monoisotopic (exact) mass is 950 g/mol. The number of phenols is 1. The maximum absolute atomic E-state index is 12.9. The second kappa shape index (κ2) is 23.6. The van der Waals surface area contributed by atoms with E-state index in [1.807, 2.05) is 105 Å². The number of nitrogens with one attached hydrogen (secondary N) is 2. The van der Waals surface area contributed by atoms with E-state index < -0.39 is 26.1 Å². The first-order chi connectivity index (χ1) is 32.1. The second-order valence-electron chi connectivity index (χ2n) is 16.4. The number of nitrogens with zero attached hydrogens (tertiary/aromatic N) is 6. The Balaban J connectivity index is 1.11. The Morgan fingerprint density at radius 1 is 0.657 bits per heavy atom. The number of sulfonamides is 2. The Kier molecular flexibility index (Phi) is 17.8. The molecule has 2 unspecified atom stereocenters. The first-order valence-corrected chi connectivity index (χ1v) is 26.0. The average molecular weight is 951 g/mol. The highest BCUT2D eigenvalue weighted by Crippen LogP contribution is 2.32. The fourth-order valence-corrected chi connectivity index (χ4v) is 10.0. The minimum Gasteiger partial charge on any atom is -0.508 e. The summed E-state index contributed by atoms with van der Waals surface area (Å²) < 4.78 is 60.2. The van der Waals surface area contributed by atoms with Crippen molar-refractivity contribution in [2.45, 2.75) is 58.2 Å². The van der Waals surface area contributed by atoms with Crippen molar-refractivity contribution < 1.29 is 26.7 Å². The number of phenolic OH excluding ortho intramolecular Hbond substituents is 1. The molecule has 6 aromatic rings. The SMILES string of the molecule is CC(c1cccc(-c2ccnc(NCCc3ccc(OCc4ccc(C(C)N(CCCN)S(C)(=O)=O)cc4-c4ccnc(NCCc5ccc(O)cc5)n4)cc3)n2)c1)N(CCCN)S(C)(=O)=O. The number of aromatic nitrogens is 4. The molecular weight excluding hydrogens is 889 g/mol. The van der Waals surface area contributed by atoms with Gasteiger partial charge in [-0.2, -0.15) is 8.61 Å². The number of rotatable bonds is 25. The predicted molar refractivity (Wildman–Crippen MR) is 265 cm³/mol. The zero-order valence-electron chi connectivity index (χ0n) is 38.5. The summed E-state index contributed by atoms with van der Waals surface area (Å²) in [7, 11) is -6.98. The molecule has 0 aliphatic heterocycles. The van der Waals surface area contributed by atoms with Crippen LogP contribution < -0.4 is 26.8 Å². The lowest BCUT2D eigenvalue weighted by Gasteiger charge is -2.28. The highest BCUT2D eigenvalue weighted by atomic mass is 32.2. The maximum atomic E-state index is 12.9. The van der Waals surface area contributed by atoms with Gasteiger partial charge in [-0.15, -0.1) is 0 Å². The van der Waals surface area contributed by atoms with Crippen LogP contribution in [0.1, 0.15) is 66.6 Å². The molecule has 0 saturated carbocycles. The summed E-state index contributed by atoms with van der Waals surface area (Å²) in [4.78, 5) is 18.5. The molecule has 0 radical (unpaired) electrons. The summed E-state index contributed by atoms with van der Waals surface area (Å²) in [6, 6.07) is 31.4. The number of nitrogens with two attached hydrogens (primary N) is 2. The number of hydrogen-bond acceptors (Lipinski definition) is 14. The molecule has 2 aromatic heterocycles. The molecule has 18 heteroatoms. The molecule has 0 spiro atoms. The lowest BCUT2D eigenvalue weighted by Crippen LogP contribution is -2.34. The molecule has 4 aromatic carbocycles. The van der Waals surface area contributed by atoms with Gasteiger partial charge in [-0.1, -0.05) is 54.6 Å². The van der Waals surface area contributed by atoms with E-state index in [4.69, 9.17) is 26.2 Å². The number of hydrogen-bond donors (Lipinski definition) is 5. The van der Waals surface area contributed by atoms with Crippen LogP contribution in [0.15, 0.2) is 116 Å². The van der Waals surface area contributed by atoms with Gasteiger partial charge in [0.15, 0.2) is 0 Å². The molecular formula is C49H62N10O6S2. The lowest BCUT2D eigenvalue weighted by atomic mass is 9.98. The van der Waals surface area contributed by atoms with Gasteiger partial charge in [-0.3, -0.25) is 0 Å². The van der Waals surface area contributed by atoms with Crippen LogP contribution in [-0.2, 0) is 39.5 Å². The maximum Gasteiger partial charge on any atom is 0.223 e. The van der Waals surface area contributed by atoms with Crippen molar-refractivity contribution in [1.29, 1.82) is 0 Å². The fourth-order valence-electron chi connectivity index (χ4n) is 7.71. The lowest BCUT2D eigenvalue weighted by molar-refractivity contribution is 0.306. The third-order valence-electron chi connectivity index (χ3n) is 11.4. The van der Waals surface area contributed by atoms with Crippen LogP contribution in [0.25, 0.3) is 22.5 Å². The second-order valence-corrected chi connectivity index (χ2v) is 20.3. The summed E-state index contributed by atoms with van der Waals surface area (Å²) in [5.74, 6) is 1.82.